The first-order chi connectivity index (χ1) is 19.6. The number of hydrogen-bond acceptors (Lipinski definition) is 7. The van der Waals surface area contributed by atoms with Crippen LogP contribution in [0, 0.1) is 5.92 Å². The lowest BCUT2D eigenvalue weighted by Gasteiger charge is -2.15. The number of hydrogen-bond donors (Lipinski definition) is 1. The van der Waals surface area contributed by atoms with Crippen molar-refractivity contribution >= 4 is 17.4 Å². The fraction of sp³-hybridized carbons (Fsp3) is 0.407. The highest BCUT2D eigenvalue weighted by atomic mass is 35.5. The number of carbonyl (C=O) groups is 1. The molecule has 1 atom stereocenters. The summed E-state index contributed by atoms with van der Waals surface area (Å²) in [5, 5.41) is 18.7. The molecule has 0 unspecified atom stereocenters. The molecular formula is C27H27ClF3N7O3. The fourth-order valence-electron chi connectivity index (χ4n) is 4.99. The van der Waals surface area contributed by atoms with E-state index in [0.717, 1.165) is 34.9 Å². The third-order valence-electron chi connectivity index (χ3n) is 7.06. The summed E-state index contributed by atoms with van der Waals surface area (Å²) in [6, 6.07) is 9.50. The average Bonchev–Trinajstić information content (AvgIpc) is 3.67. The van der Waals surface area contributed by atoms with Crippen molar-refractivity contribution in [3.63, 3.8) is 0 Å². The molecule has 3 aromatic heterocycles. The van der Waals surface area contributed by atoms with Crippen molar-refractivity contribution in [2.45, 2.75) is 63.9 Å². The highest BCUT2D eigenvalue weighted by Crippen LogP contribution is 2.28. The van der Waals surface area contributed by atoms with Gasteiger partial charge in [-0.25, -0.2) is 19.1 Å². The minimum atomic E-state index is -4.93. The standard InChI is InChI=1S/C27H27ClF3N7O3/c28-19-9-7-18(8-10-19)25-35-37(26(41)36(25)14-23(40)27(29,30)31)15-24-33-16-38(34-24)22-6-3-11-32-21(22)13-20(39)12-17-4-1-2-5-17/h3,6-11,16-17,23,40H,1-2,4-5,12-15H2/t23-/m0/s1. The second kappa shape index (κ2) is 12.0. The predicted molar refractivity (Wildman–Crippen MR) is 143 cm³/mol. The minimum absolute atomic E-state index is 0.0790. The molecule has 0 amide bonds. The number of nitrogens with zero attached hydrogens (tertiary/aromatic N) is 7. The Morgan fingerprint density at radius 1 is 1.10 bits per heavy atom. The van der Waals surface area contributed by atoms with Crippen LogP contribution in [0.2, 0.25) is 5.02 Å². The van der Waals surface area contributed by atoms with Crippen LogP contribution in [-0.4, -0.2) is 57.3 Å². The smallest absolute Gasteiger partial charge is 0.382 e. The van der Waals surface area contributed by atoms with Gasteiger partial charge in [0.15, 0.2) is 17.8 Å². The van der Waals surface area contributed by atoms with Crippen molar-refractivity contribution in [1.29, 1.82) is 0 Å². The molecule has 1 fully saturated rings. The molecular weight excluding hydrogens is 563 g/mol. The van der Waals surface area contributed by atoms with Gasteiger partial charge in [-0.2, -0.15) is 13.2 Å². The number of aliphatic hydroxyl groups excluding tert-OH is 1. The van der Waals surface area contributed by atoms with Gasteiger partial charge in [0.05, 0.1) is 24.3 Å². The molecule has 41 heavy (non-hydrogen) atoms. The van der Waals surface area contributed by atoms with Crippen LogP contribution in [0.15, 0.2) is 53.7 Å². The zero-order chi connectivity index (χ0) is 29.1. The van der Waals surface area contributed by atoms with Crippen molar-refractivity contribution in [2.75, 3.05) is 0 Å². The van der Waals surface area contributed by atoms with E-state index in [1.54, 1.807) is 18.3 Å². The van der Waals surface area contributed by atoms with Crippen LogP contribution >= 0.6 is 11.6 Å². The minimum Gasteiger partial charge on any atom is -0.382 e. The molecule has 1 aliphatic rings. The number of benzene rings is 1. The molecule has 1 aromatic carbocycles. The largest absolute Gasteiger partial charge is 0.416 e. The highest BCUT2D eigenvalue weighted by Gasteiger charge is 2.39. The molecule has 0 radical (unpaired) electrons. The summed E-state index contributed by atoms with van der Waals surface area (Å²) in [6.45, 7) is -1.30. The highest BCUT2D eigenvalue weighted by molar-refractivity contribution is 6.30. The molecule has 0 saturated heterocycles. The molecule has 14 heteroatoms. The van der Waals surface area contributed by atoms with Crippen molar-refractivity contribution in [3.8, 4) is 17.1 Å². The maximum absolute atomic E-state index is 13.1. The Morgan fingerprint density at radius 2 is 1.83 bits per heavy atom. The molecule has 0 spiro atoms. The van der Waals surface area contributed by atoms with Crippen LogP contribution in [0.3, 0.4) is 0 Å². The summed E-state index contributed by atoms with van der Waals surface area (Å²) in [5.74, 6) is 0.596. The summed E-state index contributed by atoms with van der Waals surface area (Å²) >= 11 is 5.93. The van der Waals surface area contributed by atoms with E-state index in [1.165, 1.54) is 35.3 Å². The predicted octanol–water partition coefficient (Wildman–Crippen LogP) is 4.00. The van der Waals surface area contributed by atoms with Crippen molar-refractivity contribution in [2.24, 2.45) is 5.92 Å². The first kappa shape index (κ1) is 28.7. The number of aromatic nitrogens is 7. The summed E-state index contributed by atoms with van der Waals surface area (Å²) in [6.07, 6.45) is 0.405. The topological polar surface area (TPSA) is 121 Å². The maximum Gasteiger partial charge on any atom is 0.416 e. The number of halogens is 4. The summed E-state index contributed by atoms with van der Waals surface area (Å²) < 4.78 is 42.5. The molecule has 4 aromatic rings. The molecule has 1 saturated carbocycles. The van der Waals surface area contributed by atoms with Crippen LogP contribution in [-0.2, 0) is 24.3 Å². The Labute approximate surface area is 237 Å². The van der Waals surface area contributed by atoms with E-state index in [0.29, 0.717) is 34.3 Å². The second-order valence-electron chi connectivity index (χ2n) is 10.1. The van der Waals surface area contributed by atoms with Gasteiger partial charge in [0.25, 0.3) is 0 Å². The monoisotopic (exact) mass is 589 g/mol. The first-order valence-electron chi connectivity index (χ1n) is 13.1. The number of aliphatic hydroxyl groups is 1. The number of rotatable bonds is 10. The summed E-state index contributed by atoms with van der Waals surface area (Å²) in [5.41, 5.74) is 0.549. The van der Waals surface area contributed by atoms with Crippen LogP contribution in [0.1, 0.15) is 43.6 Å². The summed E-state index contributed by atoms with van der Waals surface area (Å²) in [7, 11) is 0. The molecule has 0 bridgehead atoms. The van der Waals surface area contributed by atoms with Gasteiger partial charge < -0.3 is 5.11 Å². The van der Waals surface area contributed by atoms with E-state index in [4.69, 9.17) is 11.6 Å². The molecule has 1 N–H and O–H groups in total. The maximum atomic E-state index is 13.1. The van der Waals surface area contributed by atoms with Gasteiger partial charge in [-0.15, -0.1) is 10.2 Å². The molecule has 5 rings (SSSR count). The van der Waals surface area contributed by atoms with Gasteiger partial charge in [0.2, 0.25) is 0 Å². The molecule has 1 aliphatic carbocycles. The Bertz CT molecular complexity index is 1570. The average molecular weight is 590 g/mol. The van der Waals surface area contributed by atoms with Gasteiger partial charge in [0, 0.05) is 23.2 Å². The van der Waals surface area contributed by atoms with Gasteiger partial charge >= 0.3 is 11.9 Å². The van der Waals surface area contributed by atoms with Crippen LogP contribution < -0.4 is 5.69 Å². The lowest BCUT2D eigenvalue weighted by molar-refractivity contribution is -0.207. The zero-order valence-corrected chi connectivity index (χ0v) is 22.6. The van der Waals surface area contributed by atoms with Gasteiger partial charge in [-0.1, -0.05) is 37.3 Å². The van der Waals surface area contributed by atoms with Gasteiger partial charge in [-0.3, -0.25) is 14.3 Å². The van der Waals surface area contributed by atoms with E-state index < -0.39 is 24.5 Å². The number of alkyl halides is 3. The fourth-order valence-corrected chi connectivity index (χ4v) is 5.11. The SMILES string of the molecule is O=C(Cc1ncccc1-n1cnc(Cn2nc(-c3ccc(Cl)cc3)n(C[C@H](O)C(F)(F)F)c2=O)n1)CC1CCCC1. The normalized spacial score (nSPS) is 15.0. The third kappa shape index (κ3) is 6.73. The molecule has 3 heterocycles. The molecule has 0 aliphatic heterocycles. The van der Waals surface area contributed by atoms with Gasteiger partial charge in [-0.05, 0) is 42.3 Å². The van der Waals surface area contributed by atoms with Crippen LogP contribution in [0.5, 0.6) is 0 Å². The third-order valence-corrected chi connectivity index (χ3v) is 7.31. The van der Waals surface area contributed by atoms with E-state index in [2.05, 4.69) is 20.2 Å². The quantitative estimate of drug-likeness (QED) is 0.297. The zero-order valence-electron chi connectivity index (χ0n) is 21.8. The van der Waals surface area contributed by atoms with Crippen LogP contribution in [0.25, 0.3) is 17.1 Å². The van der Waals surface area contributed by atoms with E-state index in [1.807, 2.05) is 0 Å². The van der Waals surface area contributed by atoms with Gasteiger partial charge in [0.1, 0.15) is 18.7 Å². The second-order valence-corrected chi connectivity index (χ2v) is 10.5. The summed E-state index contributed by atoms with van der Waals surface area (Å²) in [4.78, 5) is 34.5. The number of Topliss-reactive ketones (excluding diaryl/α,β-unsaturated/α-hetero) is 1. The van der Waals surface area contributed by atoms with E-state index in [9.17, 15) is 27.9 Å². The number of pyridine rings is 1. The Hall–Kier alpha value is -3.84. The van der Waals surface area contributed by atoms with E-state index in [-0.39, 0.29) is 30.4 Å². The van der Waals surface area contributed by atoms with Crippen molar-refractivity contribution < 1.29 is 23.1 Å². The Morgan fingerprint density at radius 3 is 2.54 bits per heavy atom. The Balaban J connectivity index is 1.40. The number of ketones is 1. The number of carbonyl (C=O) groups excluding carboxylic acids is 1. The lowest BCUT2D eigenvalue weighted by Crippen LogP contribution is -2.37. The van der Waals surface area contributed by atoms with E-state index >= 15 is 0 Å². The molecule has 216 valence electrons. The lowest BCUT2D eigenvalue weighted by atomic mass is 9.98. The van der Waals surface area contributed by atoms with Crippen LogP contribution in [0.4, 0.5) is 13.2 Å². The van der Waals surface area contributed by atoms with Crippen molar-refractivity contribution in [1.82, 2.24) is 34.1 Å². The van der Waals surface area contributed by atoms with Crippen molar-refractivity contribution in [3.05, 3.63) is 75.9 Å². The first-order valence-corrected chi connectivity index (χ1v) is 13.5. The Kier molecular flexibility index (Phi) is 8.36. The molecule has 10 nitrogen and oxygen atoms in total.